The SMILES string of the molecule is CN(C)CC1(C)OB(c2ccccc2)OC1(C)C. The van der Waals surface area contributed by atoms with E-state index in [9.17, 15) is 0 Å². The molecule has 0 aromatic heterocycles. The second-order valence-electron chi connectivity index (χ2n) is 5.96. The Bertz CT molecular complexity index is 408. The first-order valence-electron chi connectivity index (χ1n) is 6.39. The van der Waals surface area contributed by atoms with Gasteiger partial charge in [-0.3, -0.25) is 0 Å². The van der Waals surface area contributed by atoms with Crippen LogP contribution in [0, 0.1) is 0 Å². The lowest BCUT2D eigenvalue weighted by atomic mass is 9.79. The van der Waals surface area contributed by atoms with Crippen molar-refractivity contribution in [2.24, 2.45) is 0 Å². The van der Waals surface area contributed by atoms with Gasteiger partial charge in [-0.1, -0.05) is 30.3 Å². The van der Waals surface area contributed by atoms with Crippen LogP contribution in [0.25, 0.3) is 0 Å². The van der Waals surface area contributed by atoms with Crippen molar-refractivity contribution in [2.45, 2.75) is 32.0 Å². The number of benzene rings is 1. The summed E-state index contributed by atoms with van der Waals surface area (Å²) in [5.41, 5.74) is 0.461. The molecule has 18 heavy (non-hydrogen) atoms. The maximum absolute atomic E-state index is 6.20. The molecule has 3 nitrogen and oxygen atoms in total. The molecule has 0 radical (unpaired) electrons. The van der Waals surface area contributed by atoms with Crippen molar-refractivity contribution in [3.05, 3.63) is 30.3 Å². The molecule has 0 saturated carbocycles. The van der Waals surface area contributed by atoms with E-state index in [1.807, 2.05) is 30.3 Å². The fourth-order valence-corrected chi connectivity index (χ4v) is 2.37. The molecule has 1 unspecified atom stereocenters. The Kier molecular flexibility index (Phi) is 3.54. The van der Waals surface area contributed by atoms with Gasteiger partial charge in [0.05, 0.1) is 11.2 Å². The molecule has 0 bridgehead atoms. The second-order valence-corrected chi connectivity index (χ2v) is 5.96. The average Bonchev–Trinajstić information content (AvgIpc) is 2.50. The van der Waals surface area contributed by atoms with Crippen LogP contribution < -0.4 is 5.46 Å². The van der Waals surface area contributed by atoms with E-state index >= 15 is 0 Å². The molecule has 2 rings (SSSR count). The summed E-state index contributed by atoms with van der Waals surface area (Å²) >= 11 is 0. The summed E-state index contributed by atoms with van der Waals surface area (Å²) in [4.78, 5) is 2.14. The van der Waals surface area contributed by atoms with E-state index in [0.29, 0.717) is 0 Å². The Labute approximate surface area is 110 Å². The second kappa shape index (κ2) is 4.69. The number of hydrogen-bond acceptors (Lipinski definition) is 3. The van der Waals surface area contributed by atoms with Crippen molar-refractivity contribution in [3.8, 4) is 0 Å². The molecule has 1 aromatic carbocycles. The molecule has 0 aliphatic carbocycles. The van der Waals surface area contributed by atoms with Gasteiger partial charge in [-0.05, 0) is 40.3 Å². The Hall–Kier alpha value is -0.835. The molecule has 1 heterocycles. The smallest absolute Gasteiger partial charge is 0.399 e. The van der Waals surface area contributed by atoms with Crippen LogP contribution in [-0.2, 0) is 9.31 Å². The lowest BCUT2D eigenvalue weighted by Gasteiger charge is -2.38. The summed E-state index contributed by atoms with van der Waals surface area (Å²) in [5, 5.41) is 0. The highest BCUT2D eigenvalue weighted by Crippen LogP contribution is 2.37. The van der Waals surface area contributed by atoms with Gasteiger partial charge >= 0.3 is 7.12 Å². The Morgan fingerprint density at radius 1 is 1.06 bits per heavy atom. The summed E-state index contributed by atoms with van der Waals surface area (Å²) < 4.78 is 12.3. The van der Waals surface area contributed by atoms with Crippen molar-refractivity contribution < 1.29 is 9.31 Å². The minimum absolute atomic E-state index is 0.272. The van der Waals surface area contributed by atoms with Gasteiger partial charge in [0, 0.05) is 6.54 Å². The van der Waals surface area contributed by atoms with Crippen LogP contribution in [0.1, 0.15) is 20.8 Å². The van der Waals surface area contributed by atoms with Crippen LogP contribution >= 0.6 is 0 Å². The van der Waals surface area contributed by atoms with E-state index in [1.54, 1.807) is 0 Å². The lowest BCUT2D eigenvalue weighted by molar-refractivity contribution is -0.0254. The first-order chi connectivity index (χ1) is 8.34. The molecule has 1 aromatic rings. The van der Waals surface area contributed by atoms with E-state index in [1.165, 1.54) is 0 Å². The molecular weight excluding hydrogens is 225 g/mol. The van der Waals surface area contributed by atoms with Gasteiger partial charge in [-0.2, -0.15) is 0 Å². The number of likely N-dealkylation sites (N-methyl/N-ethyl adjacent to an activating group) is 1. The third-order valence-corrected chi connectivity index (χ3v) is 3.73. The molecule has 1 fully saturated rings. The van der Waals surface area contributed by atoms with Crippen LogP contribution in [0.3, 0.4) is 0 Å². The van der Waals surface area contributed by atoms with E-state index in [-0.39, 0.29) is 18.3 Å². The zero-order chi connectivity index (χ0) is 13.4. The Morgan fingerprint density at radius 3 is 2.22 bits per heavy atom. The predicted octanol–water partition coefficient (Wildman–Crippen LogP) is 1.53. The summed E-state index contributed by atoms with van der Waals surface area (Å²) in [5.74, 6) is 0. The van der Waals surface area contributed by atoms with Crippen molar-refractivity contribution in [1.29, 1.82) is 0 Å². The standard InChI is InChI=1S/C14H22BNO2/c1-13(2)14(3,11-16(4)5)18-15(17-13)12-9-7-6-8-10-12/h6-10H,11H2,1-5H3. The van der Waals surface area contributed by atoms with Crippen LogP contribution in [0.4, 0.5) is 0 Å². The molecule has 1 saturated heterocycles. The highest BCUT2D eigenvalue weighted by molar-refractivity contribution is 6.62. The predicted molar refractivity (Wildman–Crippen MR) is 75.0 cm³/mol. The number of nitrogens with zero attached hydrogens (tertiary/aromatic N) is 1. The van der Waals surface area contributed by atoms with Gasteiger partial charge in [-0.15, -0.1) is 0 Å². The first kappa shape index (κ1) is 13.6. The number of rotatable bonds is 3. The summed E-state index contributed by atoms with van der Waals surface area (Å²) in [6.07, 6.45) is 0. The third kappa shape index (κ3) is 2.46. The molecule has 1 aliphatic heterocycles. The highest BCUT2D eigenvalue weighted by atomic mass is 16.7. The Balaban J connectivity index is 2.22. The fraction of sp³-hybridized carbons (Fsp3) is 0.571. The lowest BCUT2D eigenvalue weighted by Crippen LogP contribution is -2.51. The number of hydrogen-bond donors (Lipinski definition) is 0. The van der Waals surface area contributed by atoms with Gasteiger partial charge in [0.25, 0.3) is 0 Å². The average molecular weight is 247 g/mol. The van der Waals surface area contributed by atoms with E-state index in [0.717, 1.165) is 12.0 Å². The summed E-state index contributed by atoms with van der Waals surface area (Å²) in [6, 6.07) is 10.1. The van der Waals surface area contributed by atoms with Crippen molar-refractivity contribution in [1.82, 2.24) is 4.90 Å². The molecule has 0 amide bonds. The molecule has 1 aliphatic rings. The molecule has 98 valence electrons. The molecule has 0 spiro atoms. The highest BCUT2D eigenvalue weighted by Gasteiger charge is 2.54. The third-order valence-electron chi connectivity index (χ3n) is 3.73. The van der Waals surface area contributed by atoms with Crippen molar-refractivity contribution >= 4 is 12.6 Å². The molecule has 4 heteroatoms. The van der Waals surface area contributed by atoms with E-state index in [4.69, 9.17) is 9.31 Å². The molecular formula is C14H22BNO2. The maximum atomic E-state index is 6.20. The largest absolute Gasteiger partial charge is 0.494 e. The van der Waals surface area contributed by atoms with Crippen LogP contribution in [-0.4, -0.2) is 43.9 Å². The summed E-state index contributed by atoms with van der Waals surface area (Å²) in [6.45, 7) is 7.15. The van der Waals surface area contributed by atoms with Crippen LogP contribution in [0.2, 0.25) is 0 Å². The normalized spacial score (nSPS) is 26.9. The van der Waals surface area contributed by atoms with Gasteiger partial charge in [0.15, 0.2) is 0 Å². The minimum atomic E-state index is -0.309. The summed E-state index contributed by atoms with van der Waals surface area (Å²) in [7, 11) is 3.84. The topological polar surface area (TPSA) is 21.7 Å². The monoisotopic (exact) mass is 247 g/mol. The quantitative estimate of drug-likeness (QED) is 0.756. The van der Waals surface area contributed by atoms with Crippen LogP contribution in [0.5, 0.6) is 0 Å². The zero-order valence-electron chi connectivity index (χ0n) is 11.9. The Morgan fingerprint density at radius 2 is 1.67 bits per heavy atom. The van der Waals surface area contributed by atoms with E-state index in [2.05, 4.69) is 39.8 Å². The van der Waals surface area contributed by atoms with Crippen molar-refractivity contribution in [2.75, 3.05) is 20.6 Å². The zero-order valence-corrected chi connectivity index (χ0v) is 11.9. The van der Waals surface area contributed by atoms with Gasteiger partial charge < -0.3 is 14.2 Å². The van der Waals surface area contributed by atoms with Gasteiger partial charge in [-0.25, -0.2) is 0 Å². The fourth-order valence-electron chi connectivity index (χ4n) is 2.37. The minimum Gasteiger partial charge on any atom is -0.399 e. The first-order valence-corrected chi connectivity index (χ1v) is 6.39. The van der Waals surface area contributed by atoms with Crippen LogP contribution in [0.15, 0.2) is 30.3 Å². The van der Waals surface area contributed by atoms with Crippen molar-refractivity contribution in [3.63, 3.8) is 0 Å². The maximum Gasteiger partial charge on any atom is 0.494 e. The molecule has 0 N–H and O–H groups in total. The molecule has 1 atom stereocenters. The van der Waals surface area contributed by atoms with Gasteiger partial charge in [0.2, 0.25) is 0 Å². The van der Waals surface area contributed by atoms with Gasteiger partial charge in [0.1, 0.15) is 0 Å². The van der Waals surface area contributed by atoms with E-state index < -0.39 is 0 Å².